The maximum Gasteiger partial charge on any atom is 0.256 e. The summed E-state index contributed by atoms with van der Waals surface area (Å²) in [4.78, 5) is 16.7. The second kappa shape index (κ2) is 4.95. The van der Waals surface area contributed by atoms with E-state index in [4.69, 9.17) is 9.47 Å². The van der Waals surface area contributed by atoms with Crippen molar-refractivity contribution in [2.24, 2.45) is 0 Å². The first-order chi connectivity index (χ1) is 11.8. The molecule has 1 aliphatic carbocycles. The van der Waals surface area contributed by atoms with Gasteiger partial charge in [0.15, 0.2) is 17.1 Å². The van der Waals surface area contributed by atoms with Crippen LogP contribution in [0, 0.1) is 0 Å². The number of fused-ring (bicyclic) bond motifs is 2. The summed E-state index contributed by atoms with van der Waals surface area (Å²) >= 11 is 0. The van der Waals surface area contributed by atoms with Crippen LogP contribution in [-0.2, 0) is 0 Å². The minimum Gasteiger partial charge on any atom is -0.454 e. The van der Waals surface area contributed by atoms with E-state index in [1.54, 1.807) is 16.9 Å². The largest absolute Gasteiger partial charge is 0.454 e. The molecular formula is C17H14N4O3. The molecule has 1 amide bonds. The minimum atomic E-state index is -0.122. The summed E-state index contributed by atoms with van der Waals surface area (Å²) in [5.41, 5.74) is 2.79. The number of hydrogen-bond donors (Lipinski definition) is 1. The van der Waals surface area contributed by atoms with Gasteiger partial charge in [0.2, 0.25) is 6.79 Å². The summed E-state index contributed by atoms with van der Waals surface area (Å²) in [6.07, 6.45) is 5.34. The molecule has 0 unspecified atom stereocenters. The summed E-state index contributed by atoms with van der Waals surface area (Å²) in [6, 6.07) is 7.87. The summed E-state index contributed by atoms with van der Waals surface area (Å²) in [5.74, 6) is 1.31. The molecule has 7 heteroatoms. The van der Waals surface area contributed by atoms with Gasteiger partial charge in [-0.05, 0) is 37.1 Å². The first kappa shape index (κ1) is 13.4. The number of carbonyl (C=O) groups excluding carboxylic acids is 1. The van der Waals surface area contributed by atoms with Crippen molar-refractivity contribution in [3.05, 3.63) is 42.2 Å². The molecular weight excluding hydrogens is 308 g/mol. The molecule has 1 N–H and O–H groups in total. The van der Waals surface area contributed by atoms with Crippen LogP contribution in [0.15, 0.2) is 36.7 Å². The molecule has 1 aromatic carbocycles. The Morgan fingerprint density at radius 1 is 1.21 bits per heavy atom. The molecule has 0 spiro atoms. The second-order valence-electron chi connectivity index (χ2n) is 5.94. The van der Waals surface area contributed by atoms with E-state index < -0.39 is 0 Å². The number of hydrogen-bond acceptors (Lipinski definition) is 5. The quantitative estimate of drug-likeness (QED) is 0.798. The van der Waals surface area contributed by atoms with Gasteiger partial charge in [0.1, 0.15) is 5.56 Å². The predicted octanol–water partition coefficient (Wildman–Crippen LogP) is 2.02. The molecule has 3 aromatic rings. The van der Waals surface area contributed by atoms with Crippen molar-refractivity contribution in [1.29, 1.82) is 0 Å². The number of amides is 1. The van der Waals surface area contributed by atoms with Gasteiger partial charge in [0.25, 0.3) is 5.91 Å². The third-order valence-electron chi connectivity index (χ3n) is 4.23. The topological polar surface area (TPSA) is 77.8 Å². The molecule has 0 bridgehead atoms. The highest BCUT2D eigenvalue weighted by molar-refractivity contribution is 6.00. The van der Waals surface area contributed by atoms with Crippen molar-refractivity contribution in [2.75, 3.05) is 6.79 Å². The van der Waals surface area contributed by atoms with Gasteiger partial charge < -0.3 is 14.8 Å². The van der Waals surface area contributed by atoms with Crippen LogP contribution in [0.2, 0.25) is 0 Å². The standard InChI is InChI=1S/C17H14N4O3/c22-17(20-11-2-3-11)12-8-19-21-13(5-6-18-16(12)21)10-1-4-14-15(7-10)24-9-23-14/h1,4-8,11H,2-3,9H2,(H,20,22). The lowest BCUT2D eigenvalue weighted by Gasteiger charge is -2.06. The predicted molar refractivity (Wildman–Crippen MR) is 85.0 cm³/mol. The number of nitrogens with zero attached hydrogens (tertiary/aromatic N) is 3. The van der Waals surface area contributed by atoms with Crippen molar-refractivity contribution in [1.82, 2.24) is 19.9 Å². The van der Waals surface area contributed by atoms with E-state index in [0.717, 1.165) is 29.8 Å². The summed E-state index contributed by atoms with van der Waals surface area (Å²) < 4.78 is 12.5. The van der Waals surface area contributed by atoms with Gasteiger partial charge in [-0.25, -0.2) is 9.50 Å². The molecule has 3 heterocycles. The van der Waals surface area contributed by atoms with Crippen LogP contribution in [0.3, 0.4) is 0 Å². The zero-order valence-corrected chi connectivity index (χ0v) is 12.7. The van der Waals surface area contributed by atoms with Crippen LogP contribution < -0.4 is 14.8 Å². The minimum absolute atomic E-state index is 0.122. The number of carbonyl (C=O) groups is 1. The monoisotopic (exact) mass is 322 g/mol. The maximum atomic E-state index is 12.3. The van der Waals surface area contributed by atoms with Gasteiger partial charge >= 0.3 is 0 Å². The molecule has 1 aliphatic heterocycles. The Morgan fingerprint density at radius 2 is 2.08 bits per heavy atom. The molecule has 0 atom stereocenters. The fraction of sp³-hybridized carbons (Fsp3) is 0.235. The maximum absolute atomic E-state index is 12.3. The molecule has 5 rings (SSSR count). The van der Waals surface area contributed by atoms with Crippen molar-refractivity contribution < 1.29 is 14.3 Å². The Labute approximate surface area is 137 Å². The third kappa shape index (κ3) is 2.09. The van der Waals surface area contributed by atoms with E-state index in [1.165, 1.54) is 0 Å². The van der Waals surface area contributed by atoms with Gasteiger partial charge in [0, 0.05) is 17.8 Å². The highest BCUT2D eigenvalue weighted by atomic mass is 16.7. The number of benzene rings is 1. The van der Waals surface area contributed by atoms with Crippen molar-refractivity contribution in [3.8, 4) is 22.8 Å². The fourth-order valence-electron chi connectivity index (χ4n) is 2.82. The van der Waals surface area contributed by atoms with E-state index in [-0.39, 0.29) is 12.7 Å². The van der Waals surface area contributed by atoms with Gasteiger partial charge in [-0.15, -0.1) is 0 Å². The van der Waals surface area contributed by atoms with Crippen LogP contribution in [0.1, 0.15) is 23.2 Å². The normalized spacial score (nSPS) is 15.7. The lowest BCUT2D eigenvalue weighted by molar-refractivity contribution is 0.0952. The molecule has 1 fully saturated rings. The number of ether oxygens (including phenoxy) is 2. The highest BCUT2D eigenvalue weighted by Gasteiger charge is 2.26. The number of aromatic nitrogens is 3. The molecule has 120 valence electrons. The average Bonchev–Trinajstić information content (AvgIpc) is 3.13. The molecule has 24 heavy (non-hydrogen) atoms. The Balaban J connectivity index is 1.59. The number of nitrogens with one attached hydrogen (secondary N) is 1. The summed E-state index contributed by atoms with van der Waals surface area (Å²) in [6.45, 7) is 0.234. The van der Waals surface area contributed by atoms with Gasteiger partial charge in [-0.3, -0.25) is 4.79 Å². The molecule has 0 saturated heterocycles. The number of rotatable bonds is 3. The Kier molecular flexibility index (Phi) is 2.76. The van der Waals surface area contributed by atoms with Crippen LogP contribution in [0.4, 0.5) is 0 Å². The van der Waals surface area contributed by atoms with Crippen LogP contribution >= 0.6 is 0 Å². The molecule has 2 aliphatic rings. The van der Waals surface area contributed by atoms with Crippen molar-refractivity contribution in [3.63, 3.8) is 0 Å². The summed E-state index contributed by atoms with van der Waals surface area (Å²) in [5, 5.41) is 7.33. The first-order valence-corrected chi connectivity index (χ1v) is 7.83. The van der Waals surface area contributed by atoms with Crippen LogP contribution in [-0.4, -0.2) is 33.3 Å². The molecule has 1 saturated carbocycles. The SMILES string of the molecule is O=C(NC1CC1)c1cnn2c(-c3ccc4c(c3)OCO4)ccnc12. The van der Waals surface area contributed by atoms with E-state index in [1.807, 2.05) is 24.3 Å². The highest BCUT2D eigenvalue weighted by Crippen LogP contribution is 2.35. The lowest BCUT2D eigenvalue weighted by atomic mass is 10.1. The lowest BCUT2D eigenvalue weighted by Crippen LogP contribution is -2.25. The second-order valence-corrected chi connectivity index (χ2v) is 5.94. The molecule has 7 nitrogen and oxygen atoms in total. The fourth-order valence-corrected chi connectivity index (χ4v) is 2.82. The van der Waals surface area contributed by atoms with Gasteiger partial charge in [-0.1, -0.05) is 0 Å². The Morgan fingerprint density at radius 3 is 2.96 bits per heavy atom. The summed E-state index contributed by atoms with van der Waals surface area (Å²) in [7, 11) is 0. The van der Waals surface area contributed by atoms with E-state index >= 15 is 0 Å². The smallest absolute Gasteiger partial charge is 0.256 e. The van der Waals surface area contributed by atoms with Crippen molar-refractivity contribution in [2.45, 2.75) is 18.9 Å². The van der Waals surface area contributed by atoms with Gasteiger partial charge in [-0.2, -0.15) is 5.10 Å². The van der Waals surface area contributed by atoms with Crippen LogP contribution in [0.5, 0.6) is 11.5 Å². The van der Waals surface area contributed by atoms with E-state index in [0.29, 0.717) is 23.0 Å². The molecule has 0 radical (unpaired) electrons. The third-order valence-corrected chi connectivity index (χ3v) is 4.23. The zero-order chi connectivity index (χ0) is 16.1. The molecule has 2 aromatic heterocycles. The zero-order valence-electron chi connectivity index (χ0n) is 12.7. The van der Waals surface area contributed by atoms with Crippen LogP contribution in [0.25, 0.3) is 16.9 Å². The van der Waals surface area contributed by atoms with Gasteiger partial charge in [0.05, 0.1) is 11.9 Å². The Hall–Kier alpha value is -3.09. The van der Waals surface area contributed by atoms with E-state index in [9.17, 15) is 4.79 Å². The average molecular weight is 322 g/mol. The van der Waals surface area contributed by atoms with Crippen molar-refractivity contribution >= 4 is 11.6 Å². The first-order valence-electron chi connectivity index (χ1n) is 7.83. The Bertz CT molecular complexity index is 962. The van der Waals surface area contributed by atoms with E-state index in [2.05, 4.69) is 15.4 Å².